The monoisotopic (exact) mass is 317 g/mol. The topological polar surface area (TPSA) is 61.4 Å². The molecule has 0 atom stereocenters. The Morgan fingerprint density at radius 2 is 1.83 bits per heavy atom. The number of fused-ring (bicyclic) bond motifs is 1. The van der Waals surface area contributed by atoms with Crippen LogP contribution >= 0.6 is 0 Å². The van der Waals surface area contributed by atoms with Crippen LogP contribution in [0.4, 0.5) is 30.6 Å². The first kappa shape index (κ1) is 15.0. The van der Waals surface area contributed by atoms with Gasteiger partial charge in [0.15, 0.2) is 0 Å². The summed E-state index contributed by atoms with van der Waals surface area (Å²) in [6, 6.07) is 7.53. The third kappa shape index (κ3) is 2.85. The maximum absolute atomic E-state index is 13.5. The second-order valence-electron chi connectivity index (χ2n) is 5.15. The first-order valence-corrected chi connectivity index (χ1v) is 6.87. The van der Waals surface area contributed by atoms with Crippen LogP contribution in [0.5, 0.6) is 0 Å². The number of benzene rings is 2. The molecule has 1 aliphatic rings. The van der Waals surface area contributed by atoms with Gasteiger partial charge in [-0.05, 0) is 35.9 Å². The molecule has 2 N–H and O–H groups in total. The Hall–Kier alpha value is -2.96. The number of nitrogens with zero attached hydrogens (tertiary/aromatic N) is 1. The fourth-order valence-electron chi connectivity index (χ4n) is 2.44. The van der Waals surface area contributed by atoms with Crippen LogP contribution in [-0.2, 0) is 11.2 Å². The molecule has 0 saturated heterocycles. The number of hydrogen-bond acceptors (Lipinski definition) is 2. The van der Waals surface area contributed by atoms with Crippen molar-refractivity contribution in [2.75, 3.05) is 22.6 Å². The smallest absolute Gasteiger partial charge is 0.315 e. The minimum atomic E-state index is -0.860. The van der Waals surface area contributed by atoms with E-state index in [4.69, 9.17) is 0 Å². The minimum Gasteiger partial charge on any atom is -0.315 e. The van der Waals surface area contributed by atoms with Gasteiger partial charge in [0.1, 0.15) is 17.3 Å². The van der Waals surface area contributed by atoms with Crippen molar-refractivity contribution in [3.05, 3.63) is 53.6 Å². The zero-order valence-corrected chi connectivity index (χ0v) is 12.2. The van der Waals surface area contributed by atoms with E-state index in [1.54, 1.807) is 25.2 Å². The average molecular weight is 317 g/mol. The summed E-state index contributed by atoms with van der Waals surface area (Å²) in [6.07, 6.45) is 0.255. The molecule has 5 nitrogen and oxygen atoms in total. The molecule has 2 aromatic rings. The molecule has 3 rings (SSSR count). The summed E-state index contributed by atoms with van der Waals surface area (Å²) in [4.78, 5) is 25.0. The maximum Gasteiger partial charge on any atom is 0.323 e. The Kier molecular flexibility index (Phi) is 3.69. The summed E-state index contributed by atoms with van der Waals surface area (Å²) in [5.41, 5.74) is 1.48. The Labute approximate surface area is 130 Å². The van der Waals surface area contributed by atoms with Gasteiger partial charge < -0.3 is 15.5 Å². The number of hydrogen-bond donors (Lipinski definition) is 2. The summed E-state index contributed by atoms with van der Waals surface area (Å²) < 4.78 is 27.0. The molecule has 1 heterocycles. The third-order valence-electron chi connectivity index (χ3n) is 3.62. The molecular weight excluding hydrogens is 304 g/mol. The molecule has 0 aromatic heterocycles. The van der Waals surface area contributed by atoms with Gasteiger partial charge in [-0.25, -0.2) is 13.6 Å². The van der Waals surface area contributed by atoms with Gasteiger partial charge in [0, 0.05) is 18.4 Å². The Balaban J connectivity index is 1.74. The number of rotatable bonds is 2. The quantitative estimate of drug-likeness (QED) is 0.894. The standard InChI is InChI=1S/C16H13F2N3O2/c1-21-13-6-5-10(7-9(13)8-14(21)22)19-16(23)20-15-11(17)3-2-4-12(15)18/h2-7H,8H2,1H3,(H2,19,20,23). The lowest BCUT2D eigenvalue weighted by molar-refractivity contribution is -0.117. The van der Waals surface area contributed by atoms with Crippen LogP contribution in [0.3, 0.4) is 0 Å². The molecule has 2 aromatic carbocycles. The number of para-hydroxylation sites is 1. The molecule has 0 radical (unpaired) electrons. The van der Waals surface area contributed by atoms with Gasteiger partial charge >= 0.3 is 6.03 Å². The van der Waals surface area contributed by atoms with Crippen molar-refractivity contribution in [1.29, 1.82) is 0 Å². The SMILES string of the molecule is CN1C(=O)Cc2cc(NC(=O)Nc3c(F)cccc3F)ccc21. The number of anilines is 3. The van der Waals surface area contributed by atoms with Crippen LogP contribution in [0, 0.1) is 11.6 Å². The first-order valence-electron chi connectivity index (χ1n) is 6.87. The van der Waals surface area contributed by atoms with Crippen LogP contribution in [0.2, 0.25) is 0 Å². The van der Waals surface area contributed by atoms with E-state index in [1.165, 1.54) is 11.0 Å². The van der Waals surface area contributed by atoms with Gasteiger partial charge in [-0.2, -0.15) is 0 Å². The summed E-state index contributed by atoms with van der Waals surface area (Å²) in [5, 5.41) is 4.63. The van der Waals surface area contributed by atoms with Gasteiger partial charge in [-0.15, -0.1) is 0 Å². The number of urea groups is 1. The van der Waals surface area contributed by atoms with Gasteiger partial charge in [-0.1, -0.05) is 6.07 Å². The zero-order valence-electron chi connectivity index (χ0n) is 12.2. The molecule has 3 amide bonds. The number of carbonyl (C=O) groups is 2. The lowest BCUT2D eigenvalue weighted by Gasteiger charge is -2.12. The lowest BCUT2D eigenvalue weighted by atomic mass is 10.1. The van der Waals surface area contributed by atoms with Crippen molar-refractivity contribution in [3.63, 3.8) is 0 Å². The number of carbonyl (C=O) groups excluding carboxylic acids is 2. The highest BCUT2D eigenvalue weighted by Gasteiger charge is 2.24. The van der Waals surface area contributed by atoms with Crippen LogP contribution < -0.4 is 15.5 Å². The molecular formula is C16H13F2N3O2. The van der Waals surface area contributed by atoms with Crippen LogP contribution in [-0.4, -0.2) is 19.0 Å². The highest BCUT2D eigenvalue weighted by molar-refractivity contribution is 6.03. The summed E-state index contributed by atoms with van der Waals surface area (Å²) in [6.45, 7) is 0. The van der Waals surface area contributed by atoms with Gasteiger partial charge in [-0.3, -0.25) is 4.79 Å². The van der Waals surface area contributed by atoms with E-state index in [-0.39, 0.29) is 12.3 Å². The van der Waals surface area contributed by atoms with Crippen molar-refractivity contribution >= 4 is 29.0 Å². The zero-order chi connectivity index (χ0) is 16.6. The third-order valence-corrected chi connectivity index (χ3v) is 3.62. The van der Waals surface area contributed by atoms with E-state index in [1.807, 2.05) is 0 Å². The number of likely N-dealkylation sites (N-methyl/N-ethyl adjacent to an activating group) is 1. The van der Waals surface area contributed by atoms with Crippen LogP contribution in [0.1, 0.15) is 5.56 Å². The van der Waals surface area contributed by atoms with E-state index in [2.05, 4.69) is 10.6 Å². The van der Waals surface area contributed by atoms with E-state index in [0.717, 1.165) is 23.4 Å². The van der Waals surface area contributed by atoms with Gasteiger partial charge in [0.05, 0.1) is 6.42 Å². The molecule has 0 fully saturated rings. The summed E-state index contributed by atoms with van der Waals surface area (Å²) in [7, 11) is 1.68. The molecule has 0 unspecified atom stereocenters. The Bertz CT molecular complexity index is 788. The first-order chi connectivity index (χ1) is 11.0. The summed E-state index contributed by atoms with van der Waals surface area (Å²) >= 11 is 0. The number of nitrogens with one attached hydrogen (secondary N) is 2. The predicted molar refractivity (Wildman–Crippen MR) is 82.6 cm³/mol. The van der Waals surface area contributed by atoms with E-state index >= 15 is 0 Å². The van der Waals surface area contributed by atoms with Crippen molar-refractivity contribution in [2.24, 2.45) is 0 Å². The molecule has 1 aliphatic heterocycles. The largest absolute Gasteiger partial charge is 0.323 e. The average Bonchev–Trinajstić information content (AvgIpc) is 2.78. The lowest BCUT2D eigenvalue weighted by Crippen LogP contribution is -2.21. The number of amides is 3. The fraction of sp³-hybridized carbons (Fsp3) is 0.125. The Morgan fingerprint density at radius 3 is 2.52 bits per heavy atom. The fourth-order valence-corrected chi connectivity index (χ4v) is 2.44. The highest BCUT2D eigenvalue weighted by Crippen LogP contribution is 2.30. The van der Waals surface area contributed by atoms with E-state index in [9.17, 15) is 18.4 Å². The highest BCUT2D eigenvalue weighted by atomic mass is 19.1. The molecule has 118 valence electrons. The molecule has 23 heavy (non-hydrogen) atoms. The molecule has 0 aliphatic carbocycles. The second kappa shape index (κ2) is 5.68. The van der Waals surface area contributed by atoms with Crippen molar-refractivity contribution in [2.45, 2.75) is 6.42 Å². The van der Waals surface area contributed by atoms with Crippen molar-refractivity contribution in [3.8, 4) is 0 Å². The van der Waals surface area contributed by atoms with Crippen LogP contribution in [0.25, 0.3) is 0 Å². The van der Waals surface area contributed by atoms with Crippen LogP contribution in [0.15, 0.2) is 36.4 Å². The second-order valence-corrected chi connectivity index (χ2v) is 5.15. The predicted octanol–water partition coefficient (Wildman–Crippen LogP) is 3.13. The maximum atomic E-state index is 13.5. The van der Waals surface area contributed by atoms with E-state index < -0.39 is 23.4 Å². The van der Waals surface area contributed by atoms with Gasteiger partial charge in [0.25, 0.3) is 0 Å². The van der Waals surface area contributed by atoms with Gasteiger partial charge in [0.2, 0.25) is 5.91 Å². The van der Waals surface area contributed by atoms with E-state index in [0.29, 0.717) is 5.69 Å². The molecule has 0 bridgehead atoms. The minimum absolute atomic E-state index is 0.0324. The van der Waals surface area contributed by atoms with Crippen molar-refractivity contribution in [1.82, 2.24) is 0 Å². The molecule has 7 heteroatoms. The molecule has 0 saturated carbocycles. The number of halogens is 2. The summed E-state index contributed by atoms with van der Waals surface area (Å²) in [5.74, 6) is -1.75. The molecule has 0 spiro atoms. The van der Waals surface area contributed by atoms with Crippen molar-refractivity contribution < 1.29 is 18.4 Å². The Morgan fingerprint density at radius 1 is 1.13 bits per heavy atom. The normalized spacial score (nSPS) is 13.0.